The molecule has 0 bridgehead atoms. The second kappa shape index (κ2) is 7.03. The molecule has 14 heavy (non-hydrogen) atoms. The minimum atomic E-state index is 0.439. The lowest BCUT2D eigenvalue weighted by Crippen LogP contribution is -2.06. The van der Waals surface area contributed by atoms with E-state index < -0.39 is 0 Å². The molecular weight excluding hydrogens is 172 g/mol. The van der Waals surface area contributed by atoms with E-state index in [1.54, 1.807) is 0 Å². The number of carbonyl (C=O) groups is 1. The zero-order chi connectivity index (χ0) is 10.2. The van der Waals surface area contributed by atoms with E-state index >= 15 is 0 Å². The zero-order valence-electron chi connectivity index (χ0n) is 9.56. The Morgan fingerprint density at radius 2 is 1.86 bits per heavy atom. The molecule has 0 atom stereocenters. The fourth-order valence-electron chi connectivity index (χ4n) is 2.41. The van der Waals surface area contributed by atoms with Crippen LogP contribution in [-0.2, 0) is 4.79 Å². The Morgan fingerprint density at radius 1 is 1.14 bits per heavy atom. The summed E-state index contributed by atoms with van der Waals surface area (Å²) in [5.74, 6) is 1.43. The Labute approximate surface area is 88.3 Å². The number of unbranched alkanes of at least 4 members (excludes halogenated alkanes) is 1. The Hall–Kier alpha value is -0.330. The van der Waals surface area contributed by atoms with E-state index in [1.165, 1.54) is 44.9 Å². The van der Waals surface area contributed by atoms with Crippen LogP contribution < -0.4 is 0 Å². The third-order valence-corrected chi connectivity index (χ3v) is 3.44. The molecule has 0 unspecified atom stereocenters. The molecule has 0 aromatic heterocycles. The summed E-state index contributed by atoms with van der Waals surface area (Å²) in [6, 6.07) is 0. The quantitative estimate of drug-likeness (QED) is 0.584. The molecule has 1 nitrogen and oxygen atoms in total. The molecule has 1 aliphatic carbocycles. The molecule has 82 valence electrons. The molecule has 0 heterocycles. The summed E-state index contributed by atoms with van der Waals surface area (Å²) >= 11 is 0. The maximum absolute atomic E-state index is 11.1. The van der Waals surface area contributed by atoms with Crippen molar-refractivity contribution in [2.24, 2.45) is 5.92 Å². The van der Waals surface area contributed by atoms with Crippen molar-refractivity contribution >= 4 is 5.78 Å². The van der Waals surface area contributed by atoms with E-state index in [2.05, 4.69) is 0 Å². The van der Waals surface area contributed by atoms with Crippen LogP contribution in [0.4, 0.5) is 0 Å². The predicted octanol–water partition coefficient (Wildman–Crippen LogP) is 4.11. The Balaban J connectivity index is 1.94. The van der Waals surface area contributed by atoms with Crippen molar-refractivity contribution in [2.45, 2.75) is 71.1 Å². The van der Waals surface area contributed by atoms with Gasteiger partial charge in [0.1, 0.15) is 5.78 Å². The van der Waals surface area contributed by atoms with Crippen LogP contribution in [0.25, 0.3) is 0 Å². The van der Waals surface area contributed by atoms with Gasteiger partial charge in [0.05, 0.1) is 0 Å². The number of Topliss-reactive ketones (excluding diaryl/α,β-unsaturated/α-hetero) is 1. The van der Waals surface area contributed by atoms with Crippen LogP contribution in [0, 0.1) is 5.92 Å². The minimum absolute atomic E-state index is 0.439. The fourth-order valence-corrected chi connectivity index (χ4v) is 2.41. The number of hydrogen-bond donors (Lipinski definition) is 0. The zero-order valence-corrected chi connectivity index (χ0v) is 9.56. The summed E-state index contributed by atoms with van der Waals surface area (Å²) in [6.07, 6.45) is 12.6. The Bertz CT molecular complexity index is 157. The van der Waals surface area contributed by atoms with Crippen LogP contribution in [0.1, 0.15) is 71.1 Å². The fraction of sp³-hybridized carbons (Fsp3) is 0.923. The first kappa shape index (κ1) is 11.7. The first-order chi connectivity index (χ1) is 6.83. The van der Waals surface area contributed by atoms with E-state index in [0.717, 1.165) is 25.2 Å². The van der Waals surface area contributed by atoms with Gasteiger partial charge in [-0.25, -0.2) is 0 Å². The Morgan fingerprint density at radius 3 is 2.50 bits per heavy atom. The second-order valence-corrected chi connectivity index (χ2v) is 4.64. The third kappa shape index (κ3) is 4.78. The monoisotopic (exact) mass is 196 g/mol. The van der Waals surface area contributed by atoms with Crippen molar-refractivity contribution in [3.8, 4) is 0 Å². The maximum atomic E-state index is 11.1. The topological polar surface area (TPSA) is 17.1 Å². The first-order valence-electron chi connectivity index (χ1n) is 6.34. The van der Waals surface area contributed by atoms with Crippen molar-refractivity contribution < 1.29 is 4.79 Å². The van der Waals surface area contributed by atoms with Crippen molar-refractivity contribution in [1.29, 1.82) is 0 Å². The Kier molecular flexibility index (Phi) is 5.89. The van der Waals surface area contributed by atoms with Gasteiger partial charge in [-0.05, 0) is 12.3 Å². The van der Waals surface area contributed by atoms with Gasteiger partial charge in [-0.2, -0.15) is 0 Å². The van der Waals surface area contributed by atoms with Gasteiger partial charge in [0.15, 0.2) is 0 Å². The van der Waals surface area contributed by atoms with Crippen molar-refractivity contribution in [3.05, 3.63) is 0 Å². The molecule has 0 spiro atoms. The smallest absolute Gasteiger partial charge is 0.132 e. The van der Waals surface area contributed by atoms with Crippen molar-refractivity contribution in [3.63, 3.8) is 0 Å². The molecule has 0 aromatic rings. The van der Waals surface area contributed by atoms with Gasteiger partial charge >= 0.3 is 0 Å². The van der Waals surface area contributed by atoms with Crippen molar-refractivity contribution in [2.75, 3.05) is 0 Å². The lowest BCUT2D eigenvalue weighted by atomic mass is 9.85. The largest absolute Gasteiger partial charge is 0.300 e. The molecule has 0 N–H and O–H groups in total. The van der Waals surface area contributed by atoms with Gasteiger partial charge in [-0.15, -0.1) is 0 Å². The molecule has 0 aromatic carbocycles. The molecule has 1 fully saturated rings. The van der Waals surface area contributed by atoms with Crippen LogP contribution in [0.15, 0.2) is 0 Å². The normalized spacial score (nSPS) is 18.4. The van der Waals surface area contributed by atoms with E-state index in [4.69, 9.17) is 0 Å². The second-order valence-electron chi connectivity index (χ2n) is 4.64. The van der Waals surface area contributed by atoms with Crippen molar-refractivity contribution in [1.82, 2.24) is 0 Å². The highest BCUT2D eigenvalue weighted by molar-refractivity contribution is 5.77. The first-order valence-corrected chi connectivity index (χ1v) is 6.34. The molecule has 1 saturated carbocycles. The summed E-state index contributed by atoms with van der Waals surface area (Å²) < 4.78 is 0. The van der Waals surface area contributed by atoms with E-state index in [-0.39, 0.29) is 0 Å². The number of carbonyl (C=O) groups excluding carboxylic acids is 1. The molecule has 0 radical (unpaired) electrons. The molecule has 1 heteroatoms. The van der Waals surface area contributed by atoms with E-state index in [9.17, 15) is 4.79 Å². The lowest BCUT2D eigenvalue weighted by Gasteiger charge is -2.21. The predicted molar refractivity (Wildman–Crippen MR) is 60.3 cm³/mol. The van der Waals surface area contributed by atoms with Gasteiger partial charge in [0.25, 0.3) is 0 Å². The van der Waals surface area contributed by atoms with Crippen LogP contribution in [0.5, 0.6) is 0 Å². The third-order valence-electron chi connectivity index (χ3n) is 3.44. The standard InChI is InChI=1S/C13H24O/c1-2-13(14)11-7-6-10-12-8-4-3-5-9-12/h12H,2-11H2,1H3. The van der Waals surface area contributed by atoms with Crippen LogP contribution in [0.2, 0.25) is 0 Å². The maximum Gasteiger partial charge on any atom is 0.132 e. The molecule has 0 aliphatic heterocycles. The van der Waals surface area contributed by atoms with Gasteiger partial charge in [-0.1, -0.05) is 51.9 Å². The number of ketones is 1. The molecule has 1 aliphatic rings. The van der Waals surface area contributed by atoms with Crippen LogP contribution in [0.3, 0.4) is 0 Å². The van der Waals surface area contributed by atoms with Gasteiger partial charge in [0.2, 0.25) is 0 Å². The van der Waals surface area contributed by atoms with Crippen LogP contribution >= 0.6 is 0 Å². The average molecular weight is 196 g/mol. The molecule has 0 saturated heterocycles. The summed E-state index contributed by atoms with van der Waals surface area (Å²) in [5, 5.41) is 0. The lowest BCUT2D eigenvalue weighted by molar-refractivity contribution is -0.118. The van der Waals surface area contributed by atoms with Gasteiger partial charge in [0, 0.05) is 12.8 Å². The van der Waals surface area contributed by atoms with E-state index in [1.807, 2.05) is 6.92 Å². The summed E-state index contributed by atoms with van der Waals surface area (Å²) in [5.41, 5.74) is 0. The highest BCUT2D eigenvalue weighted by atomic mass is 16.1. The molecule has 1 rings (SSSR count). The van der Waals surface area contributed by atoms with Crippen LogP contribution in [-0.4, -0.2) is 5.78 Å². The van der Waals surface area contributed by atoms with Gasteiger partial charge < -0.3 is 0 Å². The summed E-state index contributed by atoms with van der Waals surface area (Å²) in [7, 11) is 0. The summed E-state index contributed by atoms with van der Waals surface area (Å²) in [6.45, 7) is 1.96. The SMILES string of the molecule is CCC(=O)CCCCC1CCCCC1. The highest BCUT2D eigenvalue weighted by Gasteiger charge is 2.12. The number of rotatable bonds is 6. The highest BCUT2D eigenvalue weighted by Crippen LogP contribution is 2.27. The number of hydrogen-bond acceptors (Lipinski definition) is 1. The molecule has 0 amide bonds. The summed E-state index contributed by atoms with van der Waals surface area (Å²) in [4.78, 5) is 11.1. The van der Waals surface area contributed by atoms with E-state index in [0.29, 0.717) is 5.78 Å². The van der Waals surface area contributed by atoms with Gasteiger partial charge in [-0.3, -0.25) is 4.79 Å². The minimum Gasteiger partial charge on any atom is -0.300 e. The molecular formula is C13H24O. The average Bonchev–Trinajstić information content (AvgIpc) is 2.25.